The highest BCUT2D eigenvalue weighted by Crippen LogP contribution is 2.27. The number of hydrogen-bond acceptors (Lipinski definition) is 2. The molecule has 1 heterocycles. The normalized spacial score (nSPS) is 18.4. The van der Waals surface area contributed by atoms with Crippen molar-refractivity contribution in [1.29, 1.82) is 0 Å². The molecule has 0 saturated heterocycles. The first-order valence-electron chi connectivity index (χ1n) is 7.07. The molecule has 0 aliphatic heterocycles. The van der Waals surface area contributed by atoms with Gasteiger partial charge in [0.25, 0.3) is 0 Å². The molecule has 1 aromatic rings. The summed E-state index contributed by atoms with van der Waals surface area (Å²) in [6.45, 7) is 2.86. The Morgan fingerprint density at radius 3 is 2.94 bits per heavy atom. The van der Waals surface area contributed by atoms with Crippen molar-refractivity contribution >= 4 is 0 Å². The monoisotopic (exact) mass is 245 g/mol. The fourth-order valence-corrected chi connectivity index (χ4v) is 2.57. The SMILES string of the molecule is C#CC(CC)NCc1ccn(C2CCCCC2)n1. The molecule has 0 aromatic carbocycles. The summed E-state index contributed by atoms with van der Waals surface area (Å²) in [5.74, 6) is 2.75. The Kier molecular flexibility index (Phi) is 4.83. The lowest BCUT2D eigenvalue weighted by Gasteiger charge is -2.21. The van der Waals surface area contributed by atoms with Gasteiger partial charge in [-0.3, -0.25) is 10.00 Å². The number of nitrogens with one attached hydrogen (secondary N) is 1. The lowest BCUT2D eigenvalue weighted by molar-refractivity contribution is 0.327. The maximum atomic E-state index is 5.43. The van der Waals surface area contributed by atoms with E-state index in [-0.39, 0.29) is 6.04 Å². The lowest BCUT2D eigenvalue weighted by atomic mass is 9.96. The van der Waals surface area contributed by atoms with Crippen molar-refractivity contribution in [1.82, 2.24) is 15.1 Å². The van der Waals surface area contributed by atoms with E-state index in [0.717, 1.165) is 18.7 Å². The molecule has 0 spiro atoms. The second-order valence-corrected chi connectivity index (χ2v) is 5.09. The highest BCUT2D eigenvalue weighted by molar-refractivity contribution is 5.03. The summed E-state index contributed by atoms with van der Waals surface area (Å²) in [6.07, 6.45) is 15.1. The highest BCUT2D eigenvalue weighted by Gasteiger charge is 2.15. The van der Waals surface area contributed by atoms with E-state index >= 15 is 0 Å². The maximum Gasteiger partial charge on any atom is 0.0762 e. The Morgan fingerprint density at radius 2 is 2.28 bits per heavy atom. The van der Waals surface area contributed by atoms with Crippen molar-refractivity contribution in [3.63, 3.8) is 0 Å². The van der Waals surface area contributed by atoms with E-state index in [9.17, 15) is 0 Å². The molecule has 3 nitrogen and oxygen atoms in total. The van der Waals surface area contributed by atoms with Crippen molar-refractivity contribution in [3.8, 4) is 12.3 Å². The summed E-state index contributed by atoms with van der Waals surface area (Å²) >= 11 is 0. The van der Waals surface area contributed by atoms with Gasteiger partial charge in [-0.05, 0) is 25.3 Å². The van der Waals surface area contributed by atoms with Crippen molar-refractivity contribution in [2.24, 2.45) is 0 Å². The van der Waals surface area contributed by atoms with E-state index < -0.39 is 0 Å². The summed E-state index contributed by atoms with van der Waals surface area (Å²) in [5.41, 5.74) is 1.09. The second-order valence-electron chi connectivity index (χ2n) is 5.09. The van der Waals surface area contributed by atoms with E-state index in [1.54, 1.807) is 0 Å². The Hall–Kier alpha value is -1.27. The van der Waals surface area contributed by atoms with Gasteiger partial charge in [-0.15, -0.1) is 6.42 Å². The molecule has 2 rings (SSSR count). The molecule has 1 unspecified atom stereocenters. The zero-order valence-electron chi connectivity index (χ0n) is 11.2. The van der Waals surface area contributed by atoms with Crippen LogP contribution >= 0.6 is 0 Å². The number of rotatable bonds is 5. The van der Waals surface area contributed by atoms with E-state index in [0.29, 0.717) is 6.04 Å². The predicted molar refractivity (Wildman–Crippen MR) is 74.1 cm³/mol. The lowest BCUT2D eigenvalue weighted by Crippen LogP contribution is -2.26. The fraction of sp³-hybridized carbons (Fsp3) is 0.667. The van der Waals surface area contributed by atoms with Gasteiger partial charge in [0.1, 0.15) is 0 Å². The van der Waals surface area contributed by atoms with Crippen molar-refractivity contribution in [2.75, 3.05) is 0 Å². The van der Waals surface area contributed by atoms with Gasteiger partial charge in [-0.25, -0.2) is 0 Å². The van der Waals surface area contributed by atoms with Crippen LogP contribution in [0.2, 0.25) is 0 Å². The molecule has 1 N–H and O–H groups in total. The van der Waals surface area contributed by atoms with Crippen LogP contribution in [0.25, 0.3) is 0 Å². The Bertz CT molecular complexity index is 396. The quantitative estimate of drug-likeness (QED) is 0.808. The third kappa shape index (κ3) is 3.36. The first-order chi connectivity index (χ1) is 8.83. The third-order valence-electron chi connectivity index (χ3n) is 3.75. The first-order valence-corrected chi connectivity index (χ1v) is 7.07. The summed E-state index contributed by atoms with van der Waals surface area (Å²) in [4.78, 5) is 0. The van der Waals surface area contributed by atoms with Crippen molar-refractivity contribution in [3.05, 3.63) is 18.0 Å². The van der Waals surface area contributed by atoms with Gasteiger partial charge in [-0.2, -0.15) is 5.10 Å². The number of nitrogens with zero attached hydrogens (tertiary/aromatic N) is 2. The average Bonchev–Trinajstić information content (AvgIpc) is 2.90. The number of terminal acetylenes is 1. The Morgan fingerprint density at radius 1 is 1.50 bits per heavy atom. The minimum atomic E-state index is 0.157. The predicted octanol–water partition coefficient (Wildman–Crippen LogP) is 2.89. The maximum absolute atomic E-state index is 5.43. The molecule has 18 heavy (non-hydrogen) atoms. The summed E-state index contributed by atoms with van der Waals surface area (Å²) in [5, 5.41) is 8.00. The molecular weight excluding hydrogens is 222 g/mol. The molecule has 1 saturated carbocycles. The van der Waals surface area contributed by atoms with E-state index in [1.165, 1.54) is 32.1 Å². The van der Waals surface area contributed by atoms with Gasteiger partial charge in [-0.1, -0.05) is 32.1 Å². The van der Waals surface area contributed by atoms with Crippen LogP contribution in [-0.4, -0.2) is 15.8 Å². The van der Waals surface area contributed by atoms with Crippen LogP contribution in [0.4, 0.5) is 0 Å². The van der Waals surface area contributed by atoms with Crippen LogP contribution in [-0.2, 0) is 6.54 Å². The van der Waals surface area contributed by atoms with Gasteiger partial charge >= 0.3 is 0 Å². The standard InChI is InChI=1S/C15H23N3/c1-3-13(4-2)16-12-14-10-11-18(17-14)15-8-6-5-7-9-15/h1,10-11,13,15-16H,4-9,12H2,2H3. The van der Waals surface area contributed by atoms with Gasteiger partial charge < -0.3 is 0 Å². The van der Waals surface area contributed by atoms with Crippen LogP contribution < -0.4 is 5.32 Å². The Balaban J connectivity index is 1.87. The topological polar surface area (TPSA) is 29.9 Å². The first kappa shape index (κ1) is 13.2. The number of aromatic nitrogens is 2. The smallest absolute Gasteiger partial charge is 0.0762 e. The zero-order valence-corrected chi connectivity index (χ0v) is 11.2. The van der Waals surface area contributed by atoms with E-state index in [2.05, 4.69) is 40.2 Å². The summed E-state index contributed by atoms with van der Waals surface area (Å²) < 4.78 is 2.15. The second kappa shape index (κ2) is 6.61. The summed E-state index contributed by atoms with van der Waals surface area (Å²) in [6, 6.07) is 2.87. The van der Waals surface area contributed by atoms with Crippen LogP contribution in [0.1, 0.15) is 57.2 Å². The van der Waals surface area contributed by atoms with Gasteiger partial charge in [0, 0.05) is 12.7 Å². The van der Waals surface area contributed by atoms with Gasteiger partial charge in [0.2, 0.25) is 0 Å². The third-order valence-corrected chi connectivity index (χ3v) is 3.75. The number of hydrogen-bond donors (Lipinski definition) is 1. The fourth-order valence-electron chi connectivity index (χ4n) is 2.57. The molecule has 1 atom stereocenters. The van der Waals surface area contributed by atoms with Crippen LogP contribution in [0.3, 0.4) is 0 Å². The minimum absolute atomic E-state index is 0.157. The van der Waals surface area contributed by atoms with Crippen molar-refractivity contribution < 1.29 is 0 Å². The molecule has 0 radical (unpaired) electrons. The largest absolute Gasteiger partial charge is 0.298 e. The molecule has 0 bridgehead atoms. The zero-order chi connectivity index (χ0) is 12.8. The average molecular weight is 245 g/mol. The van der Waals surface area contributed by atoms with Crippen molar-refractivity contribution in [2.45, 2.75) is 64.1 Å². The molecule has 1 fully saturated rings. The van der Waals surface area contributed by atoms with Gasteiger partial charge in [0.05, 0.1) is 17.8 Å². The molecule has 0 amide bonds. The van der Waals surface area contributed by atoms with E-state index in [1.807, 2.05) is 0 Å². The molecule has 98 valence electrons. The van der Waals surface area contributed by atoms with Crippen LogP contribution in [0.5, 0.6) is 0 Å². The molecular formula is C15H23N3. The minimum Gasteiger partial charge on any atom is -0.298 e. The van der Waals surface area contributed by atoms with E-state index in [4.69, 9.17) is 6.42 Å². The summed E-state index contributed by atoms with van der Waals surface area (Å²) in [7, 11) is 0. The molecule has 1 aliphatic rings. The Labute approximate surface area is 110 Å². The molecule has 1 aromatic heterocycles. The van der Waals surface area contributed by atoms with Crippen LogP contribution in [0.15, 0.2) is 12.3 Å². The molecule has 1 aliphatic carbocycles. The van der Waals surface area contributed by atoms with Gasteiger partial charge in [0.15, 0.2) is 0 Å². The van der Waals surface area contributed by atoms with Crippen LogP contribution in [0, 0.1) is 12.3 Å². The highest BCUT2D eigenvalue weighted by atomic mass is 15.3. The molecule has 3 heteroatoms.